The lowest BCUT2D eigenvalue weighted by atomic mass is 9.95. The number of carbonyl (C=O) groups excluding carboxylic acids is 2. The first-order valence-electron chi connectivity index (χ1n) is 13.3. The van der Waals surface area contributed by atoms with Gasteiger partial charge in [0, 0.05) is 5.56 Å². The van der Waals surface area contributed by atoms with E-state index >= 15 is 0 Å². The fourth-order valence-corrected chi connectivity index (χ4v) is 5.90. The molecule has 0 radical (unpaired) electrons. The second-order valence-corrected chi connectivity index (χ2v) is 10.5. The fourth-order valence-electron chi connectivity index (χ4n) is 4.87. The van der Waals surface area contributed by atoms with Gasteiger partial charge in [-0.25, -0.2) is 4.98 Å². The van der Waals surface area contributed by atoms with E-state index in [4.69, 9.17) is 19.2 Å². The van der Waals surface area contributed by atoms with Gasteiger partial charge in [-0.05, 0) is 79.2 Å². The highest BCUT2D eigenvalue weighted by Crippen LogP contribution is 2.45. The average molecular weight is 579 g/mol. The molecular formula is C33H26N2O6S. The summed E-state index contributed by atoms with van der Waals surface area (Å²) in [6, 6.07) is 27.6. The minimum atomic E-state index is -0.960. The molecule has 1 atom stereocenters. The first-order valence-corrected chi connectivity index (χ1v) is 14.1. The van der Waals surface area contributed by atoms with Crippen LogP contribution in [0.5, 0.6) is 23.0 Å². The van der Waals surface area contributed by atoms with Crippen LogP contribution >= 0.6 is 11.3 Å². The zero-order chi connectivity index (χ0) is 29.2. The number of carbonyl (C=O) groups is 2. The van der Waals surface area contributed by atoms with Crippen LogP contribution in [0.25, 0.3) is 16.0 Å². The van der Waals surface area contributed by atoms with Gasteiger partial charge in [-0.15, -0.1) is 0 Å². The molecule has 1 amide bonds. The molecule has 0 saturated carbocycles. The average Bonchev–Trinajstić information content (AvgIpc) is 3.55. The number of nitrogens with zero attached hydrogens (tertiary/aromatic N) is 2. The van der Waals surface area contributed by atoms with E-state index in [2.05, 4.69) is 0 Å². The van der Waals surface area contributed by atoms with E-state index in [1.807, 2.05) is 55.5 Å². The molecule has 6 rings (SSSR count). The lowest BCUT2D eigenvalue weighted by Crippen LogP contribution is -2.29. The molecule has 0 bridgehead atoms. The molecule has 9 heteroatoms. The molecule has 1 saturated heterocycles. The first-order chi connectivity index (χ1) is 20.5. The van der Waals surface area contributed by atoms with Crippen molar-refractivity contribution in [2.75, 3.05) is 18.6 Å². The summed E-state index contributed by atoms with van der Waals surface area (Å²) in [5.74, 6) is 0.542. The van der Waals surface area contributed by atoms with Gasteiger partial charge in [0.15, 0.2) is 5.13 Å². The van der Waals surface area contributed by atoms with Gasteiger partial charge in [-0.1, -0.05) is 41.7 Å². The van der Waals surface area contributed by atoms with Crippen molar-refractivity contribution >= 4 is 44.1 Å². The minimum Gasteiger partial charge on any atom is -0.507 e. The topological polar surface area (TPSA) is 98.2 Å². The smallest absolute Gasteiger partial charge is 0.301 e. The normalized spacial score (nSPS) is 16.1. The van der Waals surface area contributed by atoms with Crippen molar-refractivity contribution in [1.82, 2.24) is 4.98 Å². The lowest BCUT2D eigenvalue weighted by molar-refractivity contribution is -0.132. The zero-order valence-electron chi connectivity index (χ0n) is 22.8. The number of para-hydroxylation sites is 1. The van der Waals surface area contributed by atoms with Crippen LogP contribution in [-0.2, 0) is 9.59 Å². The Bertz CT molecular complexity index is 1810. The maximum atomic E-state index is 13.7. The number of aliphatic hydroxyl groups is 1. The molecule has 1 unspecified atom stereocenters. The first kappa shape index (κ1) is 27.0. The molecule has 8 nitrogen and oxygen atoms in total. The quantitative estimate of drug-likeness (QED) is 0.119. The van der Waals surface area contributed by atoms with Gasteiger partial charge in [0.1, 0.15) is 28.8 Å². The summed E-state index contributed by atoms with van der Waals surface area (Å²) in [5, 5.41) is 11.8. The molecular weight excluding hydrogens is 552 g/mol. The number of hydrogen-bond acceptors (Lipinski definition) is 8. The van der Waals surface area contributed by atoms with E-state index in [1.54, 1.807) is 55.6 Å². The summed E-state index contributed by atoms with van der Waals surface area (Å²) in [4.78, 5) is 33.4. The molecule has 42 heavy (non-hydrogen) atoms. The van der Waals surface area contributed by atoms with Gasteiger partial charge < -0.3 is 19.3 Å². The maximum Gasteiger partial charge on any atom is 0.301 e. The molecule has 0 aliphatic carbocycles. The summed E-state index contributed by atoms with van der Waals surface area (Å²) in [7, 11) is 1.54. The molecule has 1 N–H and O–H groups in total. The van der Waals surface area contributed by atoms with E-state index in [9.17, 15) is 14.7 Å². The number of thiazole rings is 1. The highest BCUT2D eigenvalue weighted by Gasteiger charge is 2.48. The van der Waals surface area contributed by atoms with Crippen molar-refractivity contribution in [3.8, 4) is 23.0 Å². The van der Waals surface area contributed by atoms with Gasteiger partial charge in [0.05, 0.1) is 35.5 Å². The Hall–Kier alpha value is -5.15. The number of hydrogen-bond donors (Lipinski definition) is 1. The van der Waals surface area contributed by atoms with E-state index in [0.717, 1.165) is 4.70 Å². The van der Waals surface area contributed by atoms with Crippen LogP contribution in [0.1, 0.15) is 24.1 Å². The number of amides is 1. The molecule has 1 aliphatic rings. The predicted molar refractivity (Wildman–Crippen MR) is 162 cm³/mol. The summed E-state index contributed by atoms with van der Waals surface area (Å²) < 4.78 is 17.7. The van der Waals surface area contributed by atoms with Gasteiger partial charge in [-0.2, -0.15) is 0 Å². The summed E-state index contributed by atoms with van der Waals surface area (Å²) in [5.41, 5.74) is 1.57. The van der Waals surface area contributed by atoms with Crippen molar-refractivity contribution in [2.24, 2.45) is 0 Å². The van der Waals surface area contributed by atoms with E-state index in [-0.39, 0.29) is 11.3 Å². The van der Waals surface area contributed by atoms with Crippen LogP contribution in [-0.4, -0.2) is 35.5 Å². The number of ether oxygens (including phenoxy) is 3. The number of Topliss-reactive ketones (excluding diaryl/α,β-unsaturated/α-hetero) is 1. The second kappa shape index (κ2) is 11.4. The van der Waals surface area contributed by atoms with Gasteiger partial charge in [0.2, 0.25) is 0 Å². The number of aromatic nitrogens is 1. The Morgan fingerprint density at radius 3 is 2.36 bits per heavy atom. The van der Waals surface area contributed by atoms with Crippen molar-refractivity contribution in [3.63, 3.8) is 0 Å². The summed E-state index contributed by atoms with van der Waals surface area (Å²) in [6.07, 6.45) is 0. The van der Waals surface area contributed by atoms with Gasteiger partial charge in [-0.3, -0.25) is 14.5 Å². The van der Waals surface area contributed by atoms with E-state index < -0.39 is 17.7 Å². The summed E-state index contributed by atoms with van der Waals surface area (Å²) >= 11 is 1.27. The van der Waals surface area contributed by atoms with Crippen molar-refractivity contribution in [1.29, 1.82) is 0 Å². The number of fused-ring (bicyclic) bond motifs is 1. The number of aliphatic hydroxyl groups excluding tert-OH is 1. The van der Waals surface area contributed by atoms with Gasteiger partial charge in [0.25, 0.3) is 5.78 Å². The largest absolute Gasteiger partial charge is 0.507 e. The van der Waals surface area contributed by atoms with Crippen LogP contribution in [0.2, 0.25) is 0 Å². The number of rotatable bonds is 8. The van der Waals surface area contributed by atoms with Gasteiger partial charge >= 0.3 is 5.91 Å². The van der Waals surface area contributed by atoms with Crippen LogP contribution in [0.3, 0.4) is 0 Å². The lowest BCUT2D eigenvalue weighted by Gasteiger charge is -2.23. The Kier molecular flexibility index (Phi) is 7.33. The zero-order valence-corrected chi connectivity index (χ0v) is 23.6. The Balaban J connectivity index is 1.50. The third-order valence-electron chi connectivity index (χ3n) is 6.83. The van der Waals surface area contributed by atoms with Crippen LogP contribution in [0, 0.1) is 0 Å². The molecule has 5 aromatic rings. The van der Waals surface area contributed by atoms with Crippen molar-refractivity contribution in [3.05, 3.63) is 114 Å². The number of benzene rings is 4. The maximum absolute atomic E-state index is 13.7. The molecule has 0 spiro atoms. The molecule has 2 heterocycles. The molecule has 210 valence electrons. The Morgan fingerprint density at radius 1 is 0.881 bits per heavy atom. The van der Waals surface area contributed by atoms with Crippen molar-refractivity contribution in [2.45, 2.75) is 13.0 Å². The van der Waals surface area contributed by atoms with Crippen LogP contribution < -0.4 is 19.1 Å². The van der Waals surface area contributed by atoms with Crippen LogP contribution in [0.4, 0.5) is 5.13 Å². The van der Waals surface area contributed by atoms with E-state index in [1.165, 1.54) is 16.2 Å². The third kappa shape index (κ3) is 5.06. The number of ketones is 1. The highest BCUT2D eigenvalue weighted by atomic mass is 32.1. The standard InChI is InChI=1S/C33H26N2O6S/c1-3-40-24-16-17-26-27(19-24)42-33(34-26)35-29(21-8-7-11-25(18-21)41-23-9-5-4-6-10-23)28(31(37)32(35)38)30(36)20-12-14-22(39-2)15-13-20/h4-19,29,36H,3H2,1-2H3. The fraction of sp³-hybridized carbons (Fsp3) is 0.121. The third-order valence-corrected chi connectivity index (χ3v) is 7.84. The van der Waals surface area contributed by atoms with Crippen LogP contribution in [0.15, 0.2) is 103 Å². The number of methoxy groups -OCH3 is 1. The van der Waals surface area contributed by atoms with Crippen molar-refractivity contribution < 1.29 is 28.9 Å². The second-order valence-electron chi connectivity index (χ2n) is 9.44. The SMILES string of the molecule is CCOc1ccc2nc(N3C(=O)C(=O)C(=C(O)c4ccc(OC)cc4)C3c3cccc(Oc4ccccc4)c3)sc2c1. The molecule has 1 aromatic heterocycles. The predicted octanol–water partition coefficient (Wildman–Crippen LogP) is 7.12. The Morgan fingerprint density at radius 2 is 1.62 bits per heavy atom. The monoisotopic (exact) mass is 578 g/mol. The molecule has 4 aromatic carbocycles. The minimum absolute atomic E-state index is 0.0451. The summed E-state index contributed by atoms with van der Waals surface area (Å²) in [6.45, 7) is 2.42. The Labute approximate surface area is 246 Å². The number of anilines is 1. The molecule has 1 fully saturated rings. The highest BCUT2D eigenvalue weighted by molar-refractivity contribution is 7.22. The molecule has 1 aliphatic heterocycles. The van der Waals surface area contributed by atoms with E-state index in [0.29, 0.717) is 51.4 Å².